The third kappa shape index (κ3) is 2.81. The predicted octanol–water partition coefficient (Wildman–Crippen LogP) is 0.271. The zero-order chi connectivity index (χ0) is 12.3. The van der Waals surface area contributed by atoms with Crippen molar-refractivity contribution in [3.63, 3.8) is 0 Å². The minimum Gasteiger partial charge on any atom is -0.386 e. The van der Waals surface area contributed by atoms with Crippen molar-refractivity contribution in [3.8, 4) is 0 Å². The van der Waals surface area contributed by atoms with Crippen molar-refractivity contribution in [1.82, 2.24) is 10.3 Å². The van der Waals surface area contributed by atoms with Gasteiger partial charge >= 0.3 is 0 Å². The van der Waals surface area contributed by atoms with Gasteiger partial charge in [-0.2, -0.15) is 0 Å². The van der Waals surface area contributed by atoms with E-state index in [2.05, 4.69) is 10.3 Å². The summed E-state index contributed by atoms with van der Waals surface area (Å²) in [4.78, 5) is 15.8. The van der Waals surface area contributed by atoms with Gasteiger partial charge in [0.05, 0.1) is 6.61 Å². The average Bonchev–Trinajstić information content (AvgIpc) is 2.74. The zero-order valence-corrected chi connectivity index (χ0v) is 9.77. The molecule has 2 heterocycles. The van der Waals surface area contributed by atoms with Gasteiger partial charge in [0.25, 0.3) is 5.91 Å². The van der Waals surface area contributed by atoms with Gasteiger partial charge in [0, 0.05) is 37.5 Å². The SMILES string of the molecule is Cc1cnccc1C(=O)NCC1(O)CCOC1. The highest BCUT2D eigenvalue weighted by molar-refractivity contribution is 5.95. The van der Waals surface area contributed by atoms with Gasteiger partial charge in [-0.15, -0.1) is 0 Å². The van der Waals surface area contributed by atoms with Crippen LogP contribution in [0, 0.1) is 6.92 Å². The number of ether oxygens (including phenoxy) is 1. The molecule has 0 saturated carbocycles. The smallest absolute Gasteiger partial charge is 0.251 e. The lowest BCUT2D eigenvalue weighted by molar-refractivity contribution is 0.0264. The van der Waals surface area contributed by atoms with Crippen LogP contribution in [-0.2, 0) is 4.74 Å². The second-order valence-electron chi connectivity index (χ2n) is 4.40. The number of carbonyl (C=O) groups excluding carboxylic acids is 1. The van der Waals surface area contributed by atoms with Gasteiger partial charge in [-0.25, -0.2) is 0 Å². The van der Waals surface area contributed by atoms with Crippen LogP contribution >= 0.6 is 0 Å². The Morgan fingerprint density at radius 1 is 1.71 bits per heavy atom. The molecule has 1 atom stereocenters. The monoisotopic (exact) mass is 236 g/mol. The molecule has 2 N–H and O–H groups in total. The maximum atomic E-state index is 11.9. The summed E-state index contributed by atoms with van der Waals surface area (Å²) >= 11 is 0. The number of amides is 1. The van der Waals surface area contributed by atoms with Crippen LogP contribution in [0.1, 0.15) is 22.3 Å². The predicted molar refractivity (Wildman–Crippen MR) is 61.7 cm³/mol. The topological polar surface area (TPSA) is 71.5 Å². The summed E-state index contributed by atoms with van der Waals surface area (Å²) < 4.78 is 5.11. The molecular weight excluding hydrogens is 220 g/mol. The van der Waals surface area contributed by atoms with E-state index in [1.165, 1.54) is 0 Å². The molecule has 1 aromatic rings. The van der Waals surface area contributed by atoms with Gasteiger partial charge in [-0.3, -0.25) is 9.78 Å². The highest BCUT2D eigenvalue weighted by Gasteiger charge is 2.32. The van der Waals surface area contributed by atoms with E-state index in [1.54, 1.807) is 18.5 Å². The minimum absolute atomic E-state index is 0.190. The van der Waals surface area contributed by atoms with E-state index in [0.29, 0.717) is 18.6 Å². The molecule has 1 aliphatic heterocycles. The molecule has 1 amide bonds. The van der Waals surface area contributed by atoms with Crippen LogP contribution in [0.2, 0.25) is 0 Å². The molecule has 5 heteroatoms. The van der Waals surface area contributed by atoms with E-state index in [0.717, 1.165) is 5.56 Å². The van der Waals surface area contributed by atoms with Crippen molar-refractivity contribution in [2.75, 3.05) is 19.8 Å². The van der Waals surface area contributed by atoms with Gasteiger partial charge in [-0.1, -0.05) is 0 Å². The van der Waals surface area contributed by atoms with E-state index in [1.807, 2.05) is 6.92 Å². The number of nitrogens with one attached hydrogen (secondary N) is 1. The molecule has 1 aromatic heterocycles. The first-order valence-electron chi connectivity index (χ1n) is 5.60. The van der Waals surface area contributed by atoms with Crippen LogP contribution in [0.5, 0.6) is 0 Å². The quantitative estimate of drug-likeness (QED) is 0.790. The lowest BCUT2D eigenvalue weighted by Gasteiger charge is -2.20. The summed E-state index contributed by atoms with van der Waals surface area (Å²) in [6.45, 7) is 2.87. The summed E-state index contributed by atoms with van der Waals surface area (Å²) in [7, 11) is 0. The van der Waals surface area contributed by atoms with Gasteiger partial charge in [0.1, 0.15) is 5.60 Å². The van der Waals surface area contributed by atoms with Crippen LogP contribution < -0.4 is 5.32 Å². The first-order valence-corrected chi connectivity index (χ1v) is 5.60. The van der Waals surface area contributed by atoms with Crippen molar-refractivity contribution in [2.24, 2.45) is 0 Å². The summed E-state index contributed by atoms with van der Waals surface area (Å²) in [6, 6.07) is 1.67. The summed E-state index contributed by atoms with van der Waals surface area (Å²) in [5.41, 5.74) is 0.485. The van der Waals surface area contributed by atoms with Gasteiger partial charge in [0.15, 0.2) is 0 Å². The molecule has 5 nitrogen and oxygen atoms in total. The van der Waals surface area contributed by atoms with Crippen molar-refractivity contribution >= 4 is 5.91 Å². The number of rotatable bonds is 3. The molecule has 2 rings (SSSR count). The molecular formula is C12H16N2O3. The molecule has 0 bridgehead atoms. The average molecular weight is 236 g/mol. The Kier molecular flexibility index (Phi) is 3.40. The largest absolute Gasteiger partial charge is 0.386 e. The highest BCUT2D eigenvalue weighted by atomic mass is 16.5. The number of hydrogen-bond acceptors (Lipinski definition) is 4. The third-order valence-corrected chi connectivity index (χ3v) is 2.93. The van der Waals surface area contributed by atoms with Crippen molar-refractivity contribution in [3.05, 3.63) is 29.6 Å². The fourth-order valence-electron chi connectivity index (χ4n) is 1.80. The van der Waals surface area contributed by atoms with E-state index in [9.17, 15) is 9.90 Å². The van der Waals surface area contributed by atoms with E-state index >= 15 is 0 Å². The number of pyridine rings is 1. The van der Waals surface area contributed by atoms with Crippen LogP contribution in [0.25, 0.3) is 0 Å². The maximum absolute atomic E-state index is 11.9. The molecule has 0 spiro atoms. The van der Waals surface area contributed by atoms with Crippen molar-refractivity contribution in [2.45, 2.75) is 18.9 Å². The molecule has 1 saturated heterocycles. The standard InChI is InChI=1S/C12H16N2O3/c1-9-6-13-4-2-10(9)11(15)14-7-12(16)3-5-17-8-12/h2,4,6,16H,3,5,7-8H2,1H3,(H,14,15). The first-order chi connectivity index (χ1) is 8.11. The summed E-state index contributed by atoms with van der Waals surface area (Å²) in [6.07, 6.45) is 3.78. The lowest BCUT2D eigenvalue weighted by atomic mass is 10.0. The maximum Gasteiger partial charge on any atom is 0.251 e. The molecule has 0 aromatic carbocycles. The van der Waals surface area contributed by atoms with Crippen LogP contribution in [0.3, 0.4) is 0 Å². The normalized spacial score (nSPS) is 23.6. The summed E-state index contributed by atoms with van der Waals surface area (Å²) in [5, 5.41) is 12.7. The minimum atomic E-state index is -0.920. The third-order valence-electron chi connectivity index (χ3n) is 2.93. The molecule has 1 fully saturated rings. The van der Waals surface area contributed by atoms with E-state index in [-0.39, 0.29) is 19.1 Å². The van der Waals surface area contributed by atoms with E-state index in [4.69, 9.17) is 4.74 Å². The van der Waals surface area contributed by atoms with Crippen LogP contribution in [0.15, 0.2) is 18.5 Å². The Hall–Kier alpha value is -1.46. The van der Waals surface area contributed by atoms with Gasteiger partial charge < -0.3 is 15.2 Å². The fourth-order valence-corrected chi connectivity index (χ4v) is 1.80. The Labute approximate surface area is 99.8 Å². The number of aliphatic hydroxyl groups is 1. The van der Waals surface area contributed by atoms with Crippen molar-refractivity contribution in [1.29, 1.82) is 0 Å². The van der Waals surface area contributed by atoms with E-state index < -0.39 is 5.60 Å². The number of carbonyl (C=O) groups is 1. The second-order valence-corrected chi connectivity index (χ2v) is 4.40. The molecule has 0 aliphatic carbocycles. The Bertz CT molecular complexity index is 414. The summed E-state index contributed by atoms with van der Waals surface area (Å²) in [5.74, 6) is -0.190. The molecule has 92 valence electrons. The molecule has 17 heavy (non-hydrogen) atoms. The first kappa shape index (κ1) is 12.0. The lowest BCUT2D eigenvalue weighted by Crippen LogP contribution is -2.43. The van der Waals surface area contributed by atoms with Gasteiger partial charge in [0.2, 0.25) is 0 Å². The Morgan fingerprint density at radius 2 is 2.53 bits per heavy atom. The Morgan fingerprint density at radius 3 is 3.18 bits per heavy atom. The molecule has 1 aliphatic rings. The number of aryl methyl sites for hydroxylation is 1. The zero-order valence-electron chi connectivity index (χ0n) is 9.77. The second kappa shape index (κ2) is 4.81. The van der Waals surface area contributed by atoms with Crippen LogP contribution in [-0.4, -0.2) is 41.4 Å². The molecule has 1 unspecified atom stereocenters. The number of hydrogen-bond donors (Lipinski definition) is 2. The van der Waals surface area contributed by atoms with Crippen LogP contribution in [0.4, 0.5) is 0 Å². The number of nitrogens with zero attached hydrogens (tertiary/aromatic N) is 1. The highest BCUT2D eigenvalue weighted by Crippen LogP contribution is 2.17. The van der Waals surface area contributed by atoms with Gasteiger partial charge in [-0.05, 0) is 18.6 Å². The Balaban J connectivity index is 1.96. The fraction of sp³-hybridized carbons (Fsp3) is 0.500. The number of aromatic nitrogens is 1. The van der Waals surface area contributed by atoms with Crippen molar-refractivity contribution < 1.29 is 14.6 Å². The molecule has 0 radical (unpaired) electrons.